The minimum absolute atomic E-state index is 0.0278. The second kappa shape index (κ2) is 5.67. The summed E-state index contributed by atoms with van der Waals surface area (Å²) in [5, 5.41) is 21.9. The molecule has 110 valence electrons. The predicted molar refractivity (Wildman–Crippen MR) is 68.6 cm³/mol. The number of non-ortho nitro benzene ring substituents is 1. The number of hydrogen-bond donors (Lipinski definition) is 2. The number of nitro groups is 1. The lowest BCUT2D eigenvalue weighted by atomic mass is 10.2. The number of β-amino-alcohol motifs (C(OH)–C–C–N with tert-alkyl or cyclic N) is 1. The number of nitrogens with one attached hydrogen (secondary N) is 1. The molecule has 1 aliphatic heterocycles. The number of carbonyl (C=O) groups is 2. The van der Waals surface area contributed by atoms with Crippen LogP contribution in [0, 0.1) is 15.9 Å². The van der Waals surface area contributed by atoms with Crippen molar-refractivity contribution in [2.45, 2.75) is 0 Å². The van der Waals surface area contributed by atoms with Crippen molar-refractivity contribution < 1.29 is 24.0 Å². The van der Waals surface area contributed by atoms with E-state index in [0.717, 1.165) is 29.2 Å². The minimum Gasteiger partial charge on any atom is -0.395 e. The van der Waals surface area contributed by atoms with Crippen LogP contribution in [0.15, 0.2) is 30.0 Å². The Morgan fingerprint density at radius 1 is 1.33 bits per heavy atom. The van der Waals surface area contributed by atoms with E-state index in [1.807, 2.05) is 0 Å². The Morgan fingerprint density at radius 3 is 2.67 bits per heavy atom. The summed E-state index contributed by atoms with van der Waals surface area (Å²) in [6.07, 6.45) is 0.981. The summed E-state index contributed by atoms with van der Waals surface area (Å²) in [6.45, 7) is -0.549. The first kappa shape index (κ1) is 14.6. The van der Waals surface area contributed by atoms with E-state index in [2.05, 4.69) is 5.32 Å². The zero-order valence-corrected chi connectivity index (χ0v) is 10.6. The maximum absolute atomic E-state index is 13.3. The van der Waals surface area contributed by atoms with Gasteiger partial charge in [0.15, 0.2) is 0 Å². The standard InChI is InChI=1S/C12H10FN3O5/c13-7-3-8(5-9(4-7)16(20)21)14-10-6-11(18)15(1-2-17)12(10)19/h3-6,14,17H,1-2H2. The van der Waals surface area contributed by atoms with Gasteiger partial charge < -0.3 is 10.4 Å². The Kier molecular flexibility index (Phi) is 3.94. The van der Waals surface area contributed by atoms with Crippen LogP contribution >= 0.6 is 0 Å². The lowest BCUT2D eigenvalue weighted by Gasteiger charge is -2.13. The molecule has 1 aromatic rings. The summed E-state index contributed by atoms with van der Waals surface area (Å²) in [7, 11) is 0. The van der Waals surface area contributed by atoms with Gasteiger partial charge in [-0.1, -0.05) is 0 Å². The van der Waals surface area contributed by atoms with Crippen LogP contribution in [0.25, 0.3) is 0 Å². The van der Waals surface area contributed by atoms with Crippen molar-refractivity contribution in [1.29, 1.82) is 0 Å². The fourth-order valence-corrected chi connectivity index (χ4v) is 1.82. The van der Waals surface area contributed by atoms with E-state index < -0.39 is 28.2 Å². The van der Waals surface area contributed by atoms with Gasteiger partial charge in [0.1, 0.15) is 11.5 Å². The van der Waals surface area contributed by atoms with Gasteiger partial charge in [0.2, 0.25) is 0 Å². The van der Waals surface area contributed by atoms with Gasteiger partial charge >= 0.3 is 0 Å². The summed E-state index contributed by atoms with van der Waals surface area (Å²) in [4.78, 5) is 34.0. The highest BCUT2D eigenvalue weighted by atomic mass is 19.1. The minimum atomic E-state index is -0.851. The van der Waals surface area contributed by atoms with Crippen LogP contribution in [0.4, 0.5) is 15.8 Å². The summed E-state index contributed by atoms with van der Waals surface area (Å²) in [5.74, 6) is -2.17. The molecule has 0 aliphatic carbocycles. The monoisotopic (exact) mass is 295 g/mol. The van der Waals surface area contributed by atoms with Crippen LogP contribution in [0.2, 0.25) is 0 Å². The SMILES string of the molecule is O=C1C=C(Nc2cc(F)cc([N+](=O)[O-])c2)C(=O)N1CCO. The number of imide groups is 1. The number of nitrogens with zero attached hydrogens (tertiary/aromatic N) is 2. The molecule has 1 aromatic carbocycles. The average Bonchev–Trinajstić information content (AvgIpc) is 2.66. The molecule has 0 radical (unpaired) electrons. The number of aliphatic hydroxyl groups excluding tert-OH is 1. The highest BCUT2D eigenvalue weighted by molar-refractivity contribution is 6.17. The van der Waals surface area contributed by atoms with E-state index in [9.17, 15) is 24.1 Å². The van der Waals surface area contributed by atoms with Crippen molar-refractivity contribution in [2.24, 2.45) is 0 Å². The van der Waals surface area contributed by atoms with Crippen molar-refractivity contribution in [2.75, 3.05) is 18.5 Å². The molecule has 2 rings (SSSR count). The first-order chi connectivity index (χ1) is 9.92. The van der Waals surface area contributed by atoms with E-state index in [4.69, 9.17) is 5.11 Å². The van der Waals surface area contributed by atoms with Crippen LogP contribution < -0.4 is 5.32 Å². The normalized spacial score (nSPS) is 14.4. The number of anilines is 1. The first-order valence-electron chi connectivity index (χ1n) is 5.83. The zero-order valence-electron chi connectivity index (χ0n) is 10.6. The zero-order chi connectivity index (χ0) is 15.6. The Labute approximate surface area is 117 Å². The number of rotatable bonds is 5. The molecule has 1 aliphatic rings. The van der Waals surface area contributed by atoms with Crippen molar-refractivity contribution in [1.82, 2.24) is 4.90 Å². The van der Waals surface area contributed by atoms with Crippen LogP contribution in [0.5, 0.6) is 0 Å². The predicted octanol–water partition coefficient (Wildman–Crippen LogP) is 0.391. The van der Waals surface area contributed by atoms with Crippen LogP contribution in [-0.4, -0.2) is 39.9 Å². The number of benzene rings is 1. The second-order valence-corrected chi connectivity index (χ2v) is 4.16. The molecule has 0 saturated heterocycles. The summed E-state index contributed by atoms with van der Waals surface area (Å²) in [5.41, 5.74) is -0.657. The summed E-state index contributed by atoms with van der Waals surface area (Å²) in [6, 6.07) is 2.73. The van der Waals surface area contributed by atoms with Gasteiger partial charge in [0.05, 0.1) is 24.1 Å². The number of aliphatic hydroxyl groups is 1. The van der Waals surface area contributed by atoms with Gasteiger partial charge in [0, 0.05) is 17.8 Å². The molecule has 1 heterocycles. The molecule has 2 N–H and O–H groups in total. The Hall–Kier alpha value is -2.81. The van der Waals surface area contributed by atoms with Crippen molar-refractivity contribution in [3.63, 3.8) is 0 Å². The molecule has 0 bridgehead atoms. The van der Waals surface area contributed by atoms with E-state index in [0.29, 0.717) is 0 Å². The van der Waals surface area contributed by atoms with E-state index in [1.54, 1.807) is 0 Å². The van der Waals surface area contributed by atoms with Crippen LogP contribution in [0.1, 0.15) is 0 Å². The van der Waals surface area contributed by atoms with Crippen LogP contribution in [-0.2, 0) is 9.59 Å². The first-order valence-corrected chi connectivity index (χ1v) is 5.83. The smallest absolute Gasteiger partial charge is 0.277 e. The molecule has 8 nitrogen and oxygen atoms in total. The fraction of sp³-hybridized carbons (Fsp3) is 0.167. The van der Waals surface area contributed by atoms with Gasteiger partial charge in [-0.05, 0) is 6.07 Å². The number of carbonyl (C=O) groups excluding carboxylic acids is 2. The summed E-state index contributed by atoms with van der Waals surface area (Å²) < 4.78 is 13.3. The third kappa shape index (κ3) is 3.03. The summed E-state index contributed by atoms with van der Waals surface area (Å²) >= 11 is 0. The lowest BCUT2D eigenvalue weighted by molar-refractivity contribution is -0.385. The third-order valence-corrected chi connectivity index (χ3v) is 2.71. The van der Waals surface area contributed by atoms with Gasteiger partial charge in [-0.2, -0.15) is 0 Å². The molecular weight excluding hydrogens is 285 g/mol. The Morgan fingerprint density at radius 2 is 2.05 bits per heavy atom. The molecule has 0 spiro atoms. The molecule has 9 heteroatoms. The van der Waals surface area contributed by atoms with Crippen molar-refractivity contribution >= 4 is 23.2 Å². The number of nitro benzene ring substituents is 1. The lowest BCUT2D eigenvalue weighted by Crippen LogP contribution is -2.34. The topological polar surface area (TPSA) is 113 Å². The molecule has 0 saturated carbocycles. The Bertz CT molecular complexity index is 658. The van der Waals surface area contributed by atoms with Crippen molar-refractivity contribution in [3.05, 3.63) is 45.9 Å². The largest absolute Gasteiger partial charge is 0.395 e. The van der Waals surface area contributed by atoms with Gasteiger partial charge in [-0.3, -0.25) is 24.6 Å². The molecule has 0 atom stereocenters. The number of amides is 2. The second-order valence-electron chi connectivity index (χ2n) is 4.16. The maximum Gasteiger partial charge on any atom is 0.277 e. The van der Waals surface area contributed by atoms with Crippen molar-refractivity contribution in [3.8, 4) is 0 Å². The molecular formula is C12H10FN3O5. The average molecular weight is 295 g/mol. The molecule has 0 fully saturated rings. The number of hydrogen-bond acceptors (Lipinski definition) is 6. The molecule has 2 amide bonds. The van der Waals surface area contributed by atoms with Gasteiger partial charge in [-0.15, -0.1) is 0 Å². The highest BCUT2D eigenvalue weighted by Gasteiger charge is 2.30. The van der Waals surface area contributed by atoms with Gasteiger partial charge in [0.25, 0.3) is 17.5 Å². The number of halogens is 1. The van der Waals surface area contributed by atoms with E-state index in [-0.39, 0.29) is 24.5 Å². The third-order valence-electron chi connectivity index (χ3n) is 2.71. The molecule has 0 aromatic heterocycles. The van der Waals surface area contributed by atoms with Crippen LogP contribution in [0.3, 0.4) is 0 Å². The van der Waals surface area contributed by atoms with Gasteiger partial charge in [-0.25, -0.2) is 4.39 Å². The highest BCUT2D eigenvalue weighted by Crippen LogP contribution is 2.23. The van der Waals surface area contributed by atoms with E-state index >= 15 is 0 Å². The maximum atomic E-state index is 13.3. The fourth-order valence-electron chi connectivity index (χ4n) is 1.82. The quantitative estimate of drug-likeness (QED) is 0.461. The molecule has 0 unspecified atom stereocenters. The van der Waals surface area contributed by atoms with E-state index in [1.165, 1.54) is 0 Å². The molecule has 21 heavy (non-hydrogen) atoms. The Balaban J connectivity index is 2.23.